The normalized spacial score (nSPS) is 9.94. The van der Waals surface area contributed by atoms with Gasteiger partial charge < -0.3 is 15.6 Å². The number of nitrogens with one attached hydrogen (secondary N) is 1. The third-order valence-electron chi connectivity index (χ3n) is 3.11. The van der Waals surface area contributed by atoms with Gasteiger partial charge in [0.1, 0.15) is 5.69 Å². The van der Waals surface area contributed by atoms with Crippen LogP contribution in [0.5, 0.6) is 11.8 Å². The number of methoxy groups -OCH3 is 1. The van der Waals surface area contributed by atoms with Crippen LogP contribution in [0.15, 0.2) is 28.8 Å². The minimum atomic E-state index is -4.49. The summed E-state index contributed by atoms with van der Waals surface area (Å²) in [4.78, 5) is 32.7. The average Bonchev–Trinajstić information content (AvgIpc) is 2.73. The molecule has 0 unspecified atom stereocenters. The summed E-state index contributed by atoms with van der Waals surface area (Å²) in [5, 5.41) is 2.09. The van der Waals surface area contributed by atoms with Crippen molar-refractivity contribution >= 4 is 28.4 Å². The van der Waals surface area contributed by atoms with Gasteiger partial charge in [0.05, 0.1) is 32.0 Å². The van der Waals surface area contributed by atoms with E-state index in [2.05, 4.69) is 29.4 Å². The molecule has 17 heteroatoms. The number of alkyl halides is 3. The van der Waals surface area contributed by atoms with Crippen molar-refractivity contribution in [1.82, 2.24) is 15.0 Å². The van der Waals surface area contributed by atoms with Gasteiger partial charge in [-0.2, -0.15) is 31.6 Å². The van der Waals surface area contributed by atoms with Gasteiger partial charge in [0.2, 0.25) is 17.7 Å². The number of rotatable bonds is 6. The van der Waals surface area contributed by atoms with Crippen molar-refractivity contribution in [3.05, 3.63) is 35.7 Å². The number of anilines is 1. The van der Waals surface area contributed by atoms with Crippen LogP contribution in [0.25, 0.3) is 0 Å². The Hall–Kier alpha value is -2.82. The van der Waals surface area contributed by atoms with E-state index in [1.165, 1.54) is 6.07 Å². The van der Waals surface area contributed by atoms with Crippen LogP contribution in [0.1, 0.15) is 31.3 Å². The summed E-state index contributed by atoms with van der Waals surface area (Å²) in [6.45, 7) is 4.25. The van der Waals surface area contributed by atoms with E-state index in [9.17, 15) is 31.2 Å². The van der Waals surface area contributed by atoms with E-state index in [1.54, 1.807) is 13.8 Å². The predicted molar refractivity (Wildman–Crippen MR) is 106 cm³/mol. The Morgan fingerprint density at radius 1 is 1.12 bits per heavy atom. The van der Waals surface area contributed by atoms with E-state index in [1.807, 2.05) is 0 Å². The Bertz CT molecular complexity index is 1070. The molecule has 2 amide bonds. The Kier molecular flexibility index (Phi) is 13.9. The number of hydrogen-bond acceptors (Lipinski definition) is 10. The second-order valence-electron chi connectivity index (χ2n) is 5.39. The van der Waals surface area contributed by atoms with E-state index in [4.69, 9.17) is 9.47 Å². The maximum atomic E-state index is 12.0. The summed E-state index contributed by atoms with van der Waals surface area (Å²) in [5.74, 6) is -0.487. The Labute approximate surface area is 216 Å². The van der Waals surface area contributed by atoms with Gasteiger partial charge in [-0.15, -0.1) is 0 Å². The first-order valence-electron chi connectivity index (χ1n) is 8.88. The summed E-state index contributed by atoms with van der Waals surface area (Å²) < 4.78 is 73.9. The summed E-state index contributed by atoms with van der Waals surface area (Å²) in [6.07, 6.45) is -3.66. The number of carbonyl (C=O) groups excluding carboxylic acids is 2. The first-order valence-corrected chi connectivity index (χ1v) is 9.91. The van der Waals surface area contributed by atoms with Gasteiger partial charge in [0, 0.05) is 6.20 Å². The van der Waals surface area contributed by atoms with E-state index in [0.717, 1.165) is 25.4 Å². The second-order valence-corrected chi connectivity index (χ2v) is 6.01. The number of hydrogen-bond donors (Lipinski definition) is 1. The fraction of sp³-hybridized carbons (Fsp3) is 0.353. The molecule has 0 saturated carbocycles. The number of ether oxygens (including phenoxy) is 3. The third kappa shape index (κ3) is 11.4. The van der Waals surface area contributed by atoms with Crippen molar-refractivity contribution in [2.24, 2.45) is 4.36 Å². The summed E-state index contributed by atoms with van der Waals surface area (Å²) in [5.41, 5.74) is -1.05. The molecule has 0 saturated heterocycles. The first-order chi connectivity index (χ1) is 15.5. The Morgan fingerprint density at radius 2 is 1.68 bits per heavy atom. The third-order valence-corrected chi connectivity index (χ3v) is 3.43. The zero-order valence-electron chi connectivity index (χ0n) is 19.4. The number of aromatic nitrogens is 3. The topological polar surface area (TPSA) is 159 Å². The minimum Gasteiger partial charge on any atom is -1.00 e. The molecule has 0 aliphatic heterocycles. The van der Waals surface area contributed by atoms with Gasteiger partial charge in [-0.25, -0.2) is 9.59 Å². The number of pyridine rings is 1. The number of amides is 2. The molecule has 2 aromatic heterocycles. The van der Waals surface area contributed by atoms with Crippen molar-refractivity contribution in [2.75, 3.05) is 25.6 Å². The quantitative estimate of drug-likeness (QED) is 0.404. The van der Waals surface area contributed by atoms with Crippen molar-refractivity contribution in [3.8, 4) is 11.8 Å². The fourth-order valence-electron chi connectivity index (χ4n) is 1.89. The molecule has 2 heterocycles. The van der Waals surface area contributed by atoms with Crippen LogP contribution in [0.2, 0.25) is 0 Å². The van der Waals surface area contributed by atoms with Crippen molar-refractivity contribution in [3.63, 3.8) is 0 Å². The minimum absolute atomic E-state index is 0. The maximum Gasteiger partial charge on any atom is 1.00 e. The average molecular weight is 517 g/mol. The molecule has 182 valence electrons. The summed E-state index contributed by atoms with van der Waals surface area (Å²) in [6, 6.07) is 2.09. The largest absolute Gasteiger partial charge is 1.00 e. The molecule has 0 atom stereocenters. The van der Waals surface area contributed by atoms with Gasteiger partial charge in [0.25, 0.3) is 0 Å². The number of carbonyl (C=O) groups is 2. The monoisotopic (exact) mass is 517 g/mol. The molecule has 0 radical (unpaired) electrons. The smallest absolute Gasteiger partial charge is 1.00 e. The molecule has 1 N–H and O–H groups in total. The van der Waals surface area contributed by atoms with Crippen LogP contribution in [0, 0.1) is 0 Å². The molecule has 0 spiro atoms. The summed E-state index contributed by atoms with van der Waals surface area (Å²) >= 11 is 0. The maximum absolute atomic E-state index is 12.0. The van der Waals surface area contributed by atoms with E-state index in [-0.39, 0.29) is 54.3 Å². The molecular weight excluding hydrogens is 498 g/mol. The SMILES string of the molecule is CCOc1cc(OCC)nc(NC(=O)N=S(=O)=O)n1.COC(=O)c1ccc(C(F)(F)F)nc1.[H-].[Na+]. The van der Waals surface area contributed by atoms with Gasteiger partial charge in [-0.3, -0.25) is 10.3 Å². The van der Waals surface area contributed by atoms with Crippen LogP contribution in [-0.4, -0.2) is 55.7 Å². The Balaban J connectivity index is 0. The number of esters is 1. The van der Waals surface area contributed by atoms with Crippen molar-refractivity contribution in [2.45, 2.75) is 20.0 Å². The molecule has 34 heavy (non-hydrogen) atoms. The number of nitrogens with zero attached hydrogens (tertiary/aromatic N) is 4. The van der Waals surface area contributed by atoms with E-state index < -0.39 is 34.4 Å². The number of halogens is 3. The molecule has 0 bridgehead atoms. The fourth-order valence-corrected chi connectivity index (χ4v) is 2.07. The van der Waals surface area contributed by atoms with E-state index >= 15 is 0 Å². The Morgan fingerprint density at radius 3 is 2.06 bits per heavy atom. The molecular formula is C17H19F3N5NaO7S. The molecule has 0 aliphatic carbocycles. The van der Waals surface area contributed by atoms with Crippen LogP contribution in [-0.2, 0) is 21.4 Å². The van der Waals surface area contributed by atoms with Gasteiger partial charge in [0.15, 0.2) is 0 Å². The zero-order chi connectivity index (χ0) is 25.0. The first kappa shape index (κ1) is 31.2. The molecule has 12 nitrogen and oxygen atoms in total. The van der Waals surface area contributed by atoms with Crippen LogP contribution < -0.4 is 44.3 Å². The standard InChI is InChI=1S/C9H12N4O5S.C8H6F3NO2.Na.H/c1-3-17-6-5-7(18-4-2)11-8(10-6)12-9(14)13-19(15)16;1-14-7(13)5-2-3-6(12-4-5)8(9,10)11;;/h5H,3-4H2,1-2H3,(H,10,11,12,14);2-4H,1H3;;/q;;+1;-1. The molecule has 2 rings (SSSR count). The van der Waals surface area contributed by atoms with Crippen LogP contribution in [0.3, 0.4) is 0 Å². The second kappa shape index (κ2) is 15.2. The predicted octanol–water partition coefficient (Wildman–Crippen LogP) is -0.128. The molecule has 0 fully saturated rings. The molecule has 2 aromatic rings. The van der Waals surface area contributed by atoms with Gasteiger partial charge >= 0.3 is 58.2 Å². The van der Waals surface area contributed by atoms with Crippen LogP contribution in [0.4, 0.5) is 23.9 Å². The summed E-state index contributed by atoms with van der Waals surface area (Å²) in [7, 11) is -1.70. The molecule has 0 aliphatic rings. The number of urea groups is 1. The van der Waals surface area contributed by atoms with Crippen LogP contribution >= 0.6 is 0 Å². The molecule has 0 aromatic carbocycles. The van der Waals surface area contributed by atoms with Crippen molar-refractivity contribution in [1.29, 1.82) is 0 Å². The zero-order valence-corrected chi connectivity index (χ0v) is 21.2. The van der Waals surface area contributed by atoms with E-state index in [0.29, 0.717) is 13.2 Å². The van der Waals surface area contributed by atoms with Crippen molar-refractivity contribution < 1.29 is 76.4 Å². The van der Waals surface area contributed by atoms with Gasteiger partial charge in [-0.1, -0.05) is 4.36 Å². The van der Waals surface area contributed by atoms with Gasteiger partial charge in [-0.05, 0) is 26.0 Å².